The van der Waals surface area contributed by atoms with Gasteiger partial charge < -0.3 is 15.0 Å². The third kappa shape index (κ3) is 5.17. The fourth-order valence-electron chi connectivity index (χ4n) is 3.61. The number of likely N-dealkylation sites (N-methyl/N-ethyl adjacent to an activating group) is 1. The van der Waals surface area contributed by atoms with Crippen molar-refractivity contribution < 1.29 is 14.3 Å². The van der Waals surface area contributed by atoms with Gasteiger partial charge in [-0.25, -0.2) is 0 Å². The topological polar surface area (TPSA) is 58.6 Å². The molecule has 0 aliphatic carbocycles. The van der Waals surface area contributed by atoms with Crippen LogP contribution in [0.2, 0.25) is 0 Å². The fraction of sp³-hybridized carbons (Fsp3) is 0.280. The highest BCUT2D eigenvalue weighted by molar-refractivity contribution is 5.90. The Morgan fingerprint density at radius 2 is 1.67 bits per heavy atom. The van der Waals surface area contributed by atoms with E-state index in [1.807, 2.05) is 79.7 Å². The number of benzene rings is 3. The number of hydrogen-bond donors (Lipinski definition) is 1. The predicted molar refractivity (Wildman–Crippen MR) is 119 cm³/mol. The van der Waals surface area contributed by atoms with E-state index in [-0.39, 0.29) is 18.4 Å². The SMILES string of the molecule is CC[C@H](C(=O)NC)N(CCc1ccccc1)C(=O)COc1cccc2ccccc12. The second kappa shape index (κ2) is 10.4. The lowest BCUT2D eigenvalue weighted by Gasteiger charge is -2.30. The first kappa shape index (κ1) is 21.4. The molecule has 0 bridgehead atoms. The maximum Gasteiger partial charge on any atom is 0.261 e. The van der Waals surface area contributed by atoms with Gasteiger partial charge in [0.05, 0.1) is 0 Å². The molecule has 0 unspecified atom stereocenters. The first-order valence-electron chi connectivity index (χ1n) is 10.3. The molecule has 5 heteroatoms. The van der Waals surface area contributed by atoms with E-state index >= 15 is 0 Å². The van der Waals surface area contributed by atoms with Crippen molar-refractivity contribution in [2.24, 2.45) is 0 Å². The van der Waals surface area contributed by atoms with Crippen molar-refractivity contribution in [3.63, 3.8) is 0 Å². The van der Waals surface area contributed by atoms with Crippen LogP contribution in [0.1, 0.15) is 18.9 Å². The third-order valence-corrected chi connectivity index (χ3v) is 5.22. The van der Waals surface area contributed by atoms with Crippen LogP contribution in [0.5, 0.6) is 5.75 Å². The second-order valence-electron chi connectivity index (χ2n) is 7.13. The number of carbonyl (C=O) groups excluding carboxylic acids is 2. The van der Waals surface area contributed by atoms with Crippen LogP contribution in [0.25, 0.3) is 10.8 Å². The van der Waals surface area contributed by atoms with Crippen LogP contribution < -0.4 is 10.1 Å². The molecule has 0 aliphatic rings. The molecule has 0 spiro atoms. The van der Waals surface area contributed by atoms with Gasteiger partial charge in [0, 0.05) is 19.0 Å². The number of rotatable bonds is 9. The third-order valence-electron chi connectivity index (χ3n) is 5.22. The Balaban J connectivity index is 1.75. The summed E-state index contributed by atoms with van der Waals surface area (Å²) in [6.45, 7) is 2.25. The number of nitrogens with zero attached hydrogens (tertiary/aromatic N) is 1. The van der Waals surface area contributed by atoms with Crippen molar-refractivity contribution >= 4 is 22.6 Å². The minimum atomic E-state index is -0.526. The lowest BCUT2D eigenvalue weighted by Crippen LogP contribution is -2.50. The monoisotopic (exact) mass is 404 g/mol. The van der Waals surface area contributed by atoms with Crippen LogP contribution in [0.4, 0.5) is 0 Å². The molecule has 1 N–H and O–H groups in total. The molecule has 1 atom stereocenters. The van der Waals surface area contributed by atoms with E-state index < -0.39 is 6.04 Å². The molecule has 3 aromatic carbocycles. The molecule has 0 saturated heterocycles. The summed E-state index contributed by atoms with van der Waals surface area (Å²) in [7, 11) is 1.59. The Kier molecular flexibility index (Phi) is 7.44. The van der Waals surface area contributed by atoms with E-state index in [2.05, 4.69) is 5.32 Å². The maximum atomic E-state index is 13.1. The van der Waals surface area contributed by atoms with E-state index in [1.54, 1.807) is 11.9 Å². The average molecular weight is 405 g/mol. The summed E-state index contributed by atoms with van der Waals surface area (Å²) in [6.07, 6.45) is 1.21. The van der Waals surface area contributed by atoms with Gasteiger partial charge in [0.1, 0.15) is 11.8 Å². The first-order chi connectivity index (χ1) is 14.6. The summed E-state index contributed by atoms with van der Waals surface area (Å²) in [5.74, 6) is 0.302. The van der Waals surface area contributed by atoms with Gasteiger partial charge in [-0.05, 0) is 29.9 Å². The standard InChI is InChI=1S/C25H28N2O3/c1-3-22(25(29)26-2)27(17-16-19-10-5-4-6-11-19)24(28)18-30-23-15-9-13-20-12-7-8-14-21(20)23/h4-15,22H,3,16-18H2,1-2H3,(H,26,29)/t22-/m1/s1. The summed E-state index contributed by atoms with van der Waals surface area (Å²) in [6, 6.07) is 23.1. The second-order valence-corrected chi connectivity index (χ2v) is 7.13. The first-order valence-corrected chi connectivity index (χ1v) is 10.3. The molecule has 0 heterocycles. The van der Waals surface area contributed by atoms with Gasteiger partial charge in [-0.15, -0.1) is 0 Å². The molecule has 5 nitrogen and oxygen atoms in total. The van der Waals surface area contributed by atoms with E-state index in [0.717, 1.165) is 16.3 Å². The highest BCUT2D eigenvalue weighted by atomic mass is 16.5. The van der Waals surface area contributed by atoms with Gasteiger partial charge in [-0.3, -0.25) is 9.59 Å². The molecular weight excluding hydrogens is 376 g/mol. The summed E-state index contributed by atoms with van der Waals surface area (Å²) in [5, 5.41) is 4.69. The predicted octanol–water partition coefficient (Wildman–Crippen LogP) is 3.81. The van der Waals surface area contributed by atoms with Crippen molar-refractivity contribution in [2.45, 2.75) is 25.8 Å². The van der Waals surface area contributed by atoms with Gasteiger partial charge in [0.25, 0.3) is 5.91 Å². The molecule has 0 saturated carbocycles. The van der Waals surface area contributed by atoms with Gasteiger partial charge >= 0.3 is 0 Å². The number of nitrogens with one attached hydrogen (secondary N) is 1. The lowest BCUT2D eigenvalue weighted by atomic mass is 10.1. The van der Waals surface area contributed by atoms with Gasteiger partial charge in [-0.1, -0.05) is 73.7 Å². The largest absolute Gasteiger partial charge is 0.483 e. The molecule has 156 valence electrons. The Bertz CT molecular complexity index is 983. The number of fused-ring (bicyclic) bond motifs is 1. The summed E-state index contributed by atoms with van der Waals surface area (Å²) >= 11 is 0. The molecule has 0 fully saturated rings. The summed E-state index contributed by atoms with van der Waals surface area (Å²) in [5.41, 5.74) is 1.12. The van der Waals surface area contributed by atoms with Gasteiger partial charge in [-0.2, -0.15) is 0 Å². The fourth-order valence-corrected chi connectivity index (χ4v) is 3.61. The normalized spacial score (nSPS) is 11.7. The molecule has 2 amide bonds. The van der Waals surface area contributed by atoms with Gasteiger partial charge in [0.2, 0.25) is 5.91 Å². The Morgan fingerprint density at radius 3 is 2.40 bits per heavy atom. The quantitative estimate of drug-likeness (QED) is 0.590. The zero-order valence-electron chi connectivity index (χ0n) is 17.5. The van der Waals surface area contributed by atoms with Crippen LogP contribution >= 0.6 is 0 Å². The molecule has 3 rings (SSSR count). The smallest absolute Gasteiger partial charge is 0.261 e. The molecule has 30 heavy (non-hydrogen) atoms. The minimum absolute atomic E-state index is 0.115. The van der Waals surface area contributed by atoms with Crippen LogP contribution in [-0.4, -0.2) is 43.0 Å². The van der Waals surface area contributed by atoms with Crippen LogP contribution in [0.3, 0.4) is 0 Å². The highest BCUT2D eigenvalue weighted by Gasteiger charge is 2.28. The number of hydrogen-bond acceptors (Lipinski definition) is 3. The van der Waals surface area contributed by atoms with Crippen molar-refractivity contribution in [3.05, 3.63) is 78.4 Å². The Hall–Kier alpha value is -3.34. The number of amides is 2. The Labute approximate surface area is 177 Å². The van der Waals surface area contributed by atoms with Crippen molar-refractivity contribution in [1.82, 2.24) is 10.2 Å². The van der Waals surface area contributed by atoms with Crippen LogP contribution in [-0.2, 0) is 16.0 Å². The average Bonchev–Trinajstić information content (AvgIpc) is 2.80. The van der Waals surface area contributed by atoms with E-state index in [9.17, 15) is 9.59 Å². The van der Waals surface area contributed by atoms with Crippen LogP contribution in [0, 0.1) is 0 Å². The molecule has 0 aromatic heterocycles. The number of carbonyl (C=O) groups is 2. The summed E-state index contributed by atoms with van der Waals surface area (Å²) < 4.78 is 5.90. The lowest BCUT2D eigenvalue weighted by molar-refractivity contribution is -0.142. The van der Waals surface area contributed by atoms with E-state index in [0.29, 0.717) is 25.1 Å². The number of ether oxygens (including phenoxy) is 1. The highest BCUT2D eigenvalue weighted by Crippen LogP contribution is 2.25. The Morgan fingerprint density at radius 1 is 0.967 bits per heavy atom. The molecular formula is C25H28N2O3. The van der Waals surface area contributed by atoms with Crippen molar-refractivity contribution in [3.8, 4) is 5.75 Å². The zero-order valence-corrected chi connectivity index (χ0v) is 17.5. The zero-order chi connectivity index (χ0) is 21.3. The molecule has 3 aromatic rings. The summed E-state index contributed by atoms with van der Waals surface area (Å²) in [4.78, 5) is 27.2. The van der Waals surface area contributed by atoms with E-state index in [4.69, 9.17) is 4.74 Å². The van der Waals surface area contributed by atoms with Gasteiger partial charge in [0.15, 0.2) is 6.61 Å². The van der Waals surface area contributed by atoms with E-state index in [1.165, 1.54) is 0 Å². The maximum absolute atomic E-state index is 13.1. The molecule has 0 radical (unpaired) electrons. The molecule has 0 aliphatic heterocycles. The van der Waals surface area contributed by atoms with Crippen LogP contribution in [0.15, 0.2) is 72.8 Å². The minimum Gasteiger partial charge on any atom is -0.483 e. The van der Waals surface area contributed by atoms with Crippen molar-refractivity contribution in [2.75, 3.05) is 20.2 Å². The van der Waals surface area contributed by atoms with Crippen molar-refractivity contribution in [1.29, 1.82) is 0 Å².